The predicted octanol–water partition coefficient (Wildman–Crippen LogP) is 2.26. The number of thiazole rings is 1. The smallest absolute Gasteiger partial charge is 0.278 e. The zero-order chi connectivity index (χ0) is 14.1. The van der Waals surface area contributed by atoms with Crippen LogP contribution >= 0.6 is 11.3 Å². The van der Waals surface area contributed by atoms with Crippen molar-refractivity contribution in [2.45, 2.75) is 19.8 Å². The van der Waals surface area contributed by atoms with E-state index >= 15 is 0 Å². The van der Waals surface area contributed by atoms with Gasteiger partial charge in [0.2, 0.25) is 0 Å². The van der Waals surface area contributed by atoms with Crippen LogP contribution < -0.4 is 10.6 Å². The number of aryl methyl sites for hydroxylation is 2. The van der Waals surface area contributed by atoms with Gasteiger partial charge in [0, 0.05) is 25.9 Å². The van der Waals surface area contributed by atoms with E-state index in [1.54, 1.807) is 16.9 Å². The number of hydrogen-bond donors (Lipinski definition) is 2. The van der Waals surface area contributed by atoms with Gasteiger partial charge >= 0.3 is 0 Å². The average Bonchev–Trinajstić information content (AvgIpc) is 3.03. The van der Waals surface area contributed by atoms with E-state index in [4.69, 9.17) is 0 Å². The summed E-state index contributed by atoms with van der Waals surface area (Å²) in [5.41, 5.74) is 0.457. The van der Waals surface area contributed by atoms with Gasteiger partial charge in [-0.15, -0.1) is 11.3 Å². The van der Waals surface area contributed by atoms with Crippen LogP contribution in [0.2, 0.25) is 0 Å². The van der Waals surface area contributed by atoms with E-state index in [0.29, 0.717) is 11.5 Å². The van der Waals surface area contributed by atoms with Crippen LogP contribution in [0.1, 0.15) is 28.3 Å². The summed E-state index contributed by atoms with van der Waals surface area (Å²) in [6.45, 7) is 2.83. The summed E-state index contributed by atoms with van der Waals surface area (Å²) in [5, 5.41) is 12.0. The monoisotopic (exact) mass is 291 g/mol. The van der Waals surface area contributed by atoms with Gasteiger partial charge < -0.3 is 10.6 Å². The second kappa shape index (κ2) is 5.24. The molecule has 1 aliphatic rings. The van der Waals surface area contributed by atoms with Gasteiger partial charge in [-0.25, -0.2) is 4.98 Å². The van der Waals surface area contributed by atoms with Crippen molar-refractivity contribution < 1.29 is 4.79 Å². The Labute approximate surface area is 121 Å². The van der Waals surface area contributed by atoms with E-state index in [1.807, 2.05) is 14.0 Å². The van der Waals surface area contributed by atoms with Crippen LogP contribution in [0.25, 0.3) is 0 Å². The van der Waals surface area contributed by atoms with E-state index in [1.165, 1.54) is 24.2 Å². The molecule has 6 nitrogen and oxygen atoms in total. The lowest BCUT2D eigenvalue weighted by molar-refractivity contribution is 0.102. The first-order chi connectivity index (χ1) is 9.61. The van der Waals surface area contributed by atoms with Gasteiger partial charge in [-0.05, 0) is 25.7 Å². The zero-order valence-electron chi connectivity index (χ0n) is 11.5. The summed E-state index contributed by atoms with van der Waals surface area (Å²) in [6.07, 6.45) is 4.34. The third-order valence-electron chi connectivity index (χ3n) is 3.15. The maximum atomic E-state index is 12.3. The molecule has 2 heterocycles. The van der Waals surface area contributed by atoms with Crippen molar-refractivity contribution in [2.24, 2.45) is 13.0 Å². The first kappa shape index (κ1) is 13.1. The van der Waals surface area contributed by atoms with Crippen LogP contribution in [0.5, 0.6) is 0 Å². The number of hydrogen-bond acceptors (Lipinski definition) is 5. The molecule has 0 aliphatic heterocycles. The SMILES string of the molecule is Cc1nc(C(=O)Nc2ccn(C)n2)c(NCC2CC2)s1. The molecule has 0 radical (unpaired) electrons. The molecule has 0 aromatic carbocycles. The Bertz CT molecular complexity index is 628. The van der Waals surface area contributed by atoms with Crippen molar-refractivity contribution in [3.8, 4) is 0 Å². The second-order valence-electron chi connectivity index (χ2n) is 5.06. The van der Waals surface area contributed by atoms with Crippen LogP contribution in [0.15, 0.2) is 12.3 Å². The van der Waals surface area contributed by atoms with E-state index in [-0.39, 0.29) is 5.91 Å². The molecule has 7 heteroatoms. The number of carbonyl (C=O) groups excluding carboxylic acids is 1. The minimum absolute atomic E-state index is 0.216. The lowest BCUT2D eigenvalue weighted by Crippen LogP contribution is -2.15. The maximum Gasteiger partial charge on any atom is 0.278 e. The average molecular weight is 291 g/mol. The highest BCUT2D eigenvalue weighted by molar-refractivity contribution is 7.16. The van der Waals surface area contributed by atoms with Crippen molar-refractivity contribution in [2.75, 3.05) is 17.2 Å². The van der Waals surface area contributed by atoms with Crippen molar-refractivity contribution in [1.82, 2.24) is 14.8 Å². The van der Waals surface area contributed by atoms with E-state index in [0.717, 1.165) is 22.5 Å². The van der Waals surface area contributed by atoms with Gasteiger partial charge in [-0.2, -0.15) is 5.10 Å². The molecule has 0 spiro atoms. The molecule has 1 aliphatic carbocycles. The van der Waals surface area contributed by atoms with Crippen molar-refractivity contribution in [3.05, 3.63) is 23.0 Å². The van der Waals surface area contributed by atoms with E-state index < -0.39 is 0 Å². The highest BCUT2D eigenvalue weighted by Gasteiger charge is 2.23. The fourth-order valence-electron chi connectivity index (χ4n) is 1.92. The number of nitrogens with one attached hydrogen (secondary N) is 2. The molecular formula is C13H17N5OS. The van der Waals surface area contributed by atoms with Gasteiger partial charge in [-0.1, -0.05) is 0 Å². The fraction of sp³-hybridized carbons (Fsp3) is 0.462. The number of aromatic nitrogens is 3. The summed E-state index contributed by atoms with van der Waals surface area (Å²) in [5.74, 6) is 1.08. The Kier molecular flexibility index (Phi) is 3.43. The second-order valence-corrected chi connectivity index (χ2v) is 6.27. The molecule has 2 aromatic rings. The van der Waals surface area contributed by atoms with Crippen LogP contribution in [0.4, 0.5) is 10.8 Å². The number of carbonyl (C=O) groups is 1. The molecule has 3 rings (SSSR count). The molecule has 0 bridgehead atoms. The summed E-state index contributed by atoms with van der Waals surface area (Å²) >= 11 is 1.52. The molecule has 2 N–H and O–H groups in total. The van der Waals surface area contributed by atoms with Gasteiger partial charge in [-0.3, -0.25) is 9.48 Å². The fourth-order valence-corrected chi connectivity index (χ4v) is 2.74. The molecule has 1 amide bonds. The zero-order valence-corrected chi connectivity index (χ0v) is 12.3. The molecule has 1 fully saturated rings. The largest absolute Gasteiger partial charge is 0.375 e. The number of amides is 1. The standard InChI is InChI=1S/C13H17N5OS/c1-8-15-11(13(20-8)14-7-9-3-4-9)12(19)16-10-5-6-18(2)17-10/h5-6,9,14H,3-4,7H2,1-2H3,(H,16,17,19). The lowest BCUT2D eigenvalue weighted by Gasteiger charge is -2.05. The predicted molar refractivity (Wildman–Crippen MR) is 79.2 cm³/mol. The minimum atomic E-state index is -0.216. The number of anilines is 2. The Hall–Kier alpha value is -1.89. The molecule has 0 atom stereocenters. The van der Waals surface area contributed by atoms with E-state index in [9.17, 15) is 4.79 Å². The van der Waals surface area contributed by atoms with Crippen LogP contribution in [0.3, 0.4) is 0 Å². The van der Waals surface area contributed by atoms with Crippen LogP contribution in [-0.2, 0) is 7.05 Å². The Balaban J connectivity index is 1.72. The van der Waals surface area contributed by atoms with Crippen molar-refractivity contribution >= 4 is 28.1 Å². The van der Waals surface area contributed by atoms with Gasteiger partial charge in [0.25, 0.3) is 5.91 Å². The molecule has 20 heavy (non-hydrogen) atoms. The number of nitrogens with zero attached hydrogens (tertiary/aromatic N) is 3. The first-order valence-corrected chi connectivity index (χ1v) is 7.46. The molecular weight excluding hydrogens is 274 g/mol. The highest BCUT2D eigenvalue weighted by atomic mass is 32.1. The summed E-state index contributed by atoms with van der Waals surface area (Å²) in [4.78, 5) is 16.6. The Morgan fingerprint density at radius 2 is 2.35 bits per heavy atom. The van der Waals surface area contributed by atoms with Gasteiger partial charge in [0.05, 0.1) is 5.01 Å². The molecule has 2 aromatic heterocycles. The van der Waals surface area contributed by atoms with E-state index in [2.05, 4.69) is 20.7 Å². The number of rotatable bonds is 5. The lowest BCUT2D eigenvalue weighted by atomic mass is 10.4. The maximum absolute atomic E-state index is 12.3. The van der Waals surface area contributed by atoms with Crippen LogP contribution in [0, 0.1) is 12.8 Å². The molecule has 0 saturated heterocycles. The molecule has 106 valence electrons. The summed E-state index contributed by atoms with van der Waals surface area (Å²) < 4.78 is 1.65. The molecule has 0 unspecified atom stereocenters. The third-order valence-corrected chi connectivity index (χ3v) is 4.08. The topological polar surface area (TPSA) is 71.8 Å². The first-order valence-electron chi connectivity index (χ1n) is 6.64. The van der Waals surface area contributed by atoms with Gasteiger partial charge in [0.15, 0.2) is 11.5 Å². The van der Waals surface area contributed by atoms with Gasteiger partial charge in [0.1, 0.15) is 5.00 Å². The van der Waals surface area contributed by atoms with Crippen molar-refractivity contribution in [1.29, 1.82) is 0 Å². The molecule has 1 saturated carbocycles. The van der Waals surface area contributed by atoms with Crippen LogP contribution in [-0.4, -0.2) is 27.2 Å². The van der Waals surface area contributed by atoms with Crippen molar-refractivity contribution in [3.63, 3.8) is 0 Å². The Morgan fingerprint density at radius 1 is 1.55 bits per heavy atom. The minimum Gasteiger partial charge on any atom is -0.375 e. The Morgan fingerprint density at radius 3 is 3.00 bits per heavy atom. The third kappa shape index (κ3) is 2.98. The highest BCUT2D eigenvalue weighted by Crippen LogP contribution is 2.31. The normalized spacial score (nSPS) is 14.3. The quantitative estimate of drug-likeness (QED) is 0.886. The summed E-state index contributed by atoms with van der Waals surface area (Å²) in [6, 6.07) is 1.76. The summed E-state index contributed by atoms with van der Waals surface area (Å²) in [7, 11) is 1.81.